The molecule has 2 unspecified atom stereocenters. The first-order valence-electron chi connectivity index (χ1n) is 6.41. The van der Waals surface area contributed by atoms with Crippen molar-refractivity contribution in [1.29, 1.82) is 0 Å². The molecule has 0 saturated heterocycles. The molecule has 0 N–H and O–H groups in total. The largest absolute Gasteiger partial charge is 0.0694 e. The van der Waals surface area contributed by atoms with Crippen LogP contribution in [0.5, 0.6) is 0 Å². The van der Waals surface area contributed by atoms with Crippen molar-refractivity contribution >= 4 is 8.07 Å². The van der Waals surface area contributed by atoms with Crippen LogP contribution in [0.15, 0.2) is 0 Å². The van der Waals surface area contributed by atoms with E-state index in [1.54, 1.807) is 0 Å². The minimum Gasteiger partial charge on any atom is -0.0694 e. The summed E-state index contributed by atoms with van der Waals surface area (Å²) in [5.74, 6) is 0.999. The fraction of sp³-hybridized carbons (Fsp3) is 1.00. The van der Waals surface area contributed by atoms with Gasteiger partial charge in [-0.15, -0.1) is 0 Å². The van der Waals surface area contributed by atoms with Crippen LogP contribution in [0.25, 0.3) is 0 Å². The van der Waals surface area contributed by atoms with Crippen molar-refractivity contribution in [2.75, 3.05) is 0 Å². The second kappa shape index (κ2) is 6.65. The molecular weight excluding hydrogens is 184 g/mol. The molecule has 2 atom stereocenters. The first-order valence-corrected chi connectivity index (χ1v) is 9.99. The lowest BCUT2D eigenvalue weighted by Gasteiger charge is -2.26. The van der Waals surface area contributed by atoms with E-state index in [2.05, 4.69) is 40.4 Å². The van der Waals surface area contributed by atoms with Crippen LogP contribution in [-0.4, -0.2) is 8.07 Å². The predicted molar refractivity (Wildman–Crippen MR) is 70.7 cm³/mol. The summed E-state index contributed by atoms with van der Waals surface area (Å²) in [6.45, 7) is 14.6. The minimum absolute atomic E-state index is 0.863. The standard InChI is InChI=1S/C13H30Si/c1-7-9-13(8-2)11-10-12(3)14(4,5)6/h12-13H,7-11H2,1-6H3. The summed E-state index contributed by atoms with van der Waals surface area (Å²) in [5, 5.41) is 0. The van der Waals surface area contributed by atoms with Crippen molar-refractivity contribution in [2.45, 2.75) is 78.1 Å². The van der Waals surface area contributed by atoms with Gasteiger partial charge in [0, 0.05) is 8.07 Å². The van der Waals surface area contributed by atoms with Crippen molar-refractivity contribution in [3.8, 4) is 0 Å². The van der Waals surface area contributed by atoms with Gasteiger partial charge in [-0.05, 0) is 11.5 Å². The van der Waals surface area contributed by atoms with Crippen molar-refractivity contribution in [3.05, 3.63) is 0 Å². The Balaban J connectivity index is 3.79. The van der Waals surface area contributed by atoms with Crippen molar-refractivity contribution in [1.82, 2.24) is 0 Å². The van der Waals surface area contributed by atoms with Gasteiger partial charge in [0.25, 0.3) is 0 Å². The fourth-order valence-electron chi connectivity index (χ4n) is 1.88. The number of hydrogen-bond acceptors (Lipinski definition) is 0. The first kappa shape index (κ1) is 14.2. The van der Waals surface area contributed by atoms with Gasteiger partial charge in [-0.2, -0.15) is 0 Å². The summed E-state index contributed by atoms with van der Waals surface area (Å²) in [5.41, 5.74) is 0.994. The SMILES string of the molecule is CCCC(CC)CCC(C)[Si](C)(C)C. The molecule has 0 saturated carbocycles. The molecule has 0 aromatic carbocycles. The second-order valence-electron chi connectivity index (χ2n) is 5.91. The monoisotopic (exact) mass is 214 g/mol. The third-order valence-corrected chi connectivity index (χ3v) is 7.01. The highest BCUT2D eigenvalue weighted by Crippen LogP contribution is 2.29. The summed E-state index contributed by atoms with van der Waals surface area (Å²) >= 11 is 0. The Labute approximate surface area is 92.5 Å². The van der Waals surface area contributed by atoms with E-state index in [9.17, 15) is 0 Å². The molecule has 0 rings (SSSR count). The highest BCUT2D eigenvalue weighted by molar-refractivity contribution is 6.77. The van der Waals surface area contributed by atoms with E-state index >= 15 is 0 Å². The molecule has 0 aromatic rings. The Kier molecular flexibility index (Phi) is 6.76. The molecule has 0 fully saturated rings. The zero-order valence-electron chi connectivity index (χ0n) is 11.2. The molecule has 86 valence electrons. The minimum atomic E-state index is -0.863. The Hall–Kier alpha value is 0.217. The smallest absolute Gasteiger partial charge is 0.0471 e. The van der Waals surface area contributed by atoms with Crippen LogP contribution in [0, 0.1) is 5.92 Å². The Morgan fingerprint density at radius 3 is 1.86 bits per heavy atom. The molecule has 0 nitrogen and oxygen atoms in total. The summed E-state index contributed by atoms with van der Waals surface area (Å²) in [6, 6.07) is 0. The van der Waals surface area contributed by atoms with E-state index in [-0.39, 0.29) is 0 Å². The van der Waals surface area contributed by atoms with Crippen LogP contribution >= 0.6 is 0 Å². The highest BCUT2D eigenvalue weighted by Gasteiger charge is 2.22. The predicted octanol–water partition coefficient (Wildman–Crippen LogP) is 5.32. The van der Waals surface area contributed by atoms with E-state index < -0.39 is 8.07 Å². The molecule has 0 aliphatic carbocycles. The van der Waals surface area contributed by atoms with Crippen molar-refractivity contribution in [2.24, 2.45) is 5.92 Å². The number of hydrogen-bond donors (Lipinski definition) is 0. The zero-order chi connectivity index (χ0) is 11.2. The Bertz CT molecular complexity index is 135. The van der Waals surface area contributed by atoms with Gasteiger partial charge in [0.2, 0.25) is 0 Å². The molecule has 0 radical (unpaired) electrons. The lowest BCUT2D eigenvalue weighted by Crippen LogP contribution is -2.26. The number of rotatable bonds is 7. The van der Waals surface area contributed by atoms with Crippen LogP contribution in [0.2, 0.25) is 25.2 Å². The van der Waals surface area contributed by atoms with E-state index in [0.717, 1.165) is 11.5 Å². The molecule has 0 amide bonds. The third-order valence-electron chi connectivity index (χ3n) is 3.76. The highest BCUT2D eigenvalue weighted by atomic mass is 28.3. The maximum absolute atomic E-state index is 2.50. The maximum Gasteiger partial charge on any atom is 0.0471 e. The quantitative estimate of drug-likeness (QED) is 0.503. The fourth-order valence-corrected chi connectivity index (χ4v) is 2.91. The molecule has 0 bridgehead atoms. The molecule has 0 aromatic heterocycles. The lowest BCUT2D eigenvalue weighted by atomic mass is 9.95. The van der Waals surface area contributed by atoms with Gasteiger partial charge >= 0.3 is 0 Å². The Morgan fingerprint density at radius 2 is 1.50 bits per heavy atom. The summed E-state index contributed by atoms with van der Waals surface area (Å²) < 4.78 is 0. The Morgan fingerprint density at radius 1 is 0.929 bits per heavy atom. The van der Waals surface area contributed by atoms with E-state index in [4.69, 9.17) is 0 Å². The van der Waals surface area contributed by atoms with Gasteiger partial charge in [-0.25, -0.2) is 0 Å². The van der Waals surface area contributed by atoms with Gasteiger partial charge in [0.1, 0.15) is 0 Å². The van der Waals surface area contributed by atoms with Crippen LogP contribution in [-0.2, 0) is 0 Å². The molecule has 1 heteroatoms. The van der Waals surface area contributed by atoms with E-state index in [1.165, 1.54) is 32.1 Å². The maximum atomic E-state index is 2.50. The second-order valence-corrected chi connectivity index (χ2v) is 11.6. The summed E-state index contributed by atoms with van der Waals surface area (Å²) in [7, 11) is -0.863. The van der Waals surface area contributed by atoms with Crippen LogP contribution in [0.3, 0.4) is 0 Å². The first-order chi connectivity index (χ1) is 6.41. The molecule has 0 heterocycles. The van der Waals surface area contributed by atoms with Gasteiger partial charge in [0.15, 0.2) is 0 Å². The molecule has 14 heavy (non-hydrogen) atoms. The topological polar surface area (TPSA) is 0 Å². The van der Waals surface area contributed by atoms with Crippen LogP contribution < -0.4 is 0 Å². The third kappa shape index (κ3) is 5.84. The average molecular weight is 214 g/mol. The molecule has 0 aliphatic heterocycles. The van der Waals surface area contributed by atoms with Crippen LogP contribution in [0.4, 0.5) is 0 Å². The summed E-state index contributed by atoms with van der Waals surface area (Å²) in [6.07, 6.45) is 7.12. The normalized spacial score (nSPS) is 16.7. The average Bonchev–Trinajstić information content (AvgIpc) is 2.10. The molecule has 0 spiro atoms. The van der Waals surface area contributed by atoms with Gasteiger partial charge < -0.3 is 0 Å². The molecule has 0 aliphatic rings. The molecular formula is C13H30Si. The van der Waals surface area contributed by atoms with E-state index in [1.807, 2.05) is 0 Å². The van der Waals surface area contributed by atoms with Crippen molar-refractivity contribution < 1.29 is 0 Å². The van der Waals surface area contributed by atoms with Crippen molar-refractivity contribution in [3.63, 3.8) is 0 Å². The van der Waals surface area contributed by atoms with E-state index in [0.29, 0.717) is 0 Å². The lowest BCUT2D eigenvalue weighted by molar-refractivity contribution is 0.415. The van der Waals surface area contributed by atoms with Crippen LogP contribution in [0.1, 0.15) is 52.9 Å². The zero-order valence-corrected chi connectivity index (χ0v) is 12.2. The summed E-state index contributed by atoms with van der Waals surface area (Å²) in [4.78, 5) is 0. The van der Waals surface area contributed by atoms with Gasteiger partial charge in [-0.3, -0.25) is 0 Å². The van der Waals surface area contributed by atoms with Gasteiger partial charge in [-0.1, -0.05) is 72.5 Å². The van der Waals surface area contributed by atoms with Gasteiger partial charge in [0.05, 0.1) is 0 Å².